The zero-order valence-corrected chi connectivity index (χ0v) is 9.75. The van der Waals surface area contributed by atoms with Crippen molar-refractivity contribution in [3.05, 3.63) is 11.3 Å². The summed E-state index contributed by atoms with van der Waals surface area (Å²) in [6.45, 7) is 2.55. The van der Waals surface area contributed by atoms with E-state index in [-0.39, 0.29) is 5.54 Å². The number of nitriles is 1. The molecule has 5 heteroatoms. The Bertz CT molecular complexity index is 436. The third-order valence-electron chi connectivity index (χ3n) is 3.29. The molecule has 1 fully saturated rings. The van der Waals surface area contributed by atoms with Crippen molar-refractivity contribution < 1.29 is 0 Å². The van der Waals surface area contributed by atoms with Crippen LogP contribution in [0.1, 0.15) is 30.5 Å². The van der Waals surface area contributed by atoms with Gasteiger partial charge in [-0.25, -0.2) is 0 Å². The van der Waals surface area contributed by atoms with E-state index in [1.807, 2.05) is 14.0 Å². The predicted molar refractivity (Wildman–Crippen MR) is 61.9 cm³/mol. The molecule has 3 N–H and O–H groups in total. The van der Waals surface area contributed by atoms with Crippen LogP contribution >= 0.6 is 0 Å². The summed E-state index contributed by atoms with van der Waals surface area (Å²) < 4.78 is 1.70. The lowest BCUT2D eigenvalue weighted by Gasteiger charge is -2.38. The summed E-state index contributed by atoms with van der Waals surface area (Å²) in [5, 5.41) is 16.5. The summed E-state index contributed by atoms with van der Waals surface area (Å²) in [5.74, 6) is 0.775. The van der Waals surface area contributed by atoms with Crippen molar-refractivity contribution in [2.24, 2.45) is 12.8 Å². The standard InChI is InChI=1S/C11H17N5/c1-8-9(6-12)10(16(2)15-8)14-7-11(13)4-3-5-11/h14H,3-5,7,13H2,1-2H3. The Labute approximate surface area is 95.2 Å². The molecule has 0 aromatic carbocycles. The number of rotatable bonds is 3. The first-order valence-corrected chi connectivity index (χ1v) is 5.52. The summed E-state index contributed by atoms with van der Waals surface area (Å²) in [6.07, 6.45) is 3.31. The normalized spacial score (nSPS) is 17.6. The van der Waals surface area contributed by atoms with Gasteiger partial charge in [0, 0.05) is 19.1 Å². The predicted octanol–water partition coefficient (Wildman–Crippen LogP) is 0.893. The Kier molecular flexibility index (Phi) is 2.60. The number of nitrogens with one attached hydrogen (secondary N) is 1. The van der Waals surface area contributed by atoms with Crippen molar-refractivity contribution in [1.29, 1.82) is 5.26 Å². The summed E-state index contributed by atoms with van der Waals surface area (Å²) in [4.78, 5) is 0. The van der Waals surface area contributed by atoms with E-state index in [2.05, 4.69) is 16.5 Å². The van der Waals surface area contributed by atoms with Crippen molar-refractivity contribution >= 4 is 5.82 Å². The topological polar surface area (TPSA) is 79.7 Å². The van der Waals surface area contributed by atoms with Crippen molar-refractivity contribution in [1.82, 2.24) is 9.78 Å². The van der Waals surface area contributed by atoms with Gasteiger partial charge in [-0.05, 0) is 26.2 Å². The van der Waals surface area contributed by atoms with E-state index in [4.69, 9.17) is 11.0 Å². The van der Waals surface area contributed by atoms with Crippen LogP contribution in [-0.4, -0.2) is 21.9 Å². The zero-order valence-electron chi connectivity index (χ0n) is 9.75. The molecule has 16 heavy (non-hydrogen) atoms. The molecular weight excluding hydrogens is 202 g/mol. The molecule has 0 unspecified atom stereocenters. The second-order valence-corrected chi connectivity index (χ2v) is 4.61. The minimum atomic E-state index is -0.0924. The van der Waals surface area contributed by atoms with Gasteiger partial charge in [0.1, 0.15) is 17.5 Å². The minimum absolute atomic E-state index is 0.0924. The molecule has 0 atom stereocenters. The first kappa shape index (κ1) is 11.0. The molecule has 86 valence electrons. The maximum absolute atomic E-state index is 9.04. The number of nitrogens with two attached hydrogens (primary N) is 1. The molecule has 2 rings (SSSR count). The van der Waals surface area contributed by atoms with E-state index < -0.39 is 0 Å². The molecular formula is C11H17N5. The van der Waals surface area contributed by atoms with Gasteiger partial charge in [0.25, 0.3) is 0 Å². The smallest absolute Gasteiger partial charge is 0.142 e. The highest BCUT2D eigenvalue weighted by Gasteiger charge is 2.32. The van der Waals surface area contributed by atoms with Crippen LogP contribution in [-0.2, 0) is 7.05 Å². The lowest BCUT2D eigenvalue weighted by atomic mass is 9.78. The number of aryl methyl sites for hydroxylation is 2. The molecule has 1 aromatic rings. The highest BCUT2D eigenvalue weighted by molar-refractivity contribution is 5.55. The molecule has 0 saturated heterocycles. The van der Waals surface area contributed by atoms with Crippen LogP contribution in [0.15, 0.2) is 0 Å². The number of hydrogen-bond acceptors (Lipinski definition) is 4. The van der Waals surface area contributed by atoms with Gasteiger partial charge in [0.15, 0.2) is 0 Å². The average molecular weight is 219 g/mol. The third kappa shape index (κ3) is 1.76. The quantitative estimate of drug-likeness (QED) is 0.791. The third-order valence-corrected chi connectivity index (χ3v) is 3.29. The molecule has 0 bridgehead atoms. The summed E-state index contributed by atoms with van der Waals surface area (Å²) in [5.41, 5.74) is 7.40. The fourth-order valence-electron chi connectivity index (χ4n) is 2.06. The Morgan fingerprint density at radius 3 is 2.81 bits per heavy atom. The zero-order chi connectivity index (χ0) is 11.8. The van der Waals surface area contributed by atoms with Gasteiger partial charge in [-0.15, -0.1) is 0 Å². The molecule has 1 aliphatic carbocycles. The van der Waals surface area contributed by atoms with Crippen molar-refractivity contribution in [2.75, 3.05) is 11.9 Å². The van der Waals surface area contributed by atoms with Gasteiger partial charge >= 0.3 is 0 Å². The monoisotopic (exact) mass is 219 g/mol. The van der Waals surface area contributed by atoms with E-state index in [0.717, 1.165) is 24.4 Å². The minimum Gasteiger partial charge on any atom is -0.367 e. The van der Waals surface area contributed by atoms with Crippen molar-refractivity contribution in [3.8, 4) is 6.07 Å². The molecule has 0 spiro atoms. The van der Waals surface area contributed by atoms with Gasteiger partial charge in [0.05, 0.1) is 5.69 Å². The van der Waals surface area contributed by atoms with Crippen molar-refractivity contribution in [2.45, 2.75) is 31.7 Å². The lowest BCUT2D eigenvalue weighted by Crippen LogP contribution is -2.52. The van der Waals surface area contributed by atoms with E-state index in [1.54, 1.807) is 4.68 Å². The van der Waals surface area contributed by atoms with Crippen LogP contribution in [0.3, 0.4) is 0 Å². The fraction of sp³-hybridized carbons (Fsp3) is 0.636. The summed E-state index contributed by atoms with van der Waals surface area (Å²) in [7, 11) is 1.83. The van der Waals surface area contributed by atoms with Gasteiger partial charge < -0.3 is 11.1 Å². The van der Waals surface area contributed by atoms with E-state index in [1.165, 1.54) is 6.42 Å². The lowest BCUT2D eigenvalue weighted by molar-refractivity contribution is 0.265. The molecule has 0 aliphatic heterocycles. The first-order valence-electron chi connectivity index (χ1n) is 5.52. The maximum atomic E-state index is 9.04. The van der Waals surface area contributed by atoms with Crippen LogP contribution in [0.4, 0.5) is 5.82 Å². The Balaban J connectivity index is 2.12. The molecule has 1 heterocycles. The van der Waals surface area contributed by atoms with Crippen LogP contribution in [0, 0.1) is 18.3 Å². The van der Waals surface area contributed by atoms with Gasteiger partial charge in [-0.3, -0.25) is 4.68 Å². The van der Waals surface area contributed by atoms with E-state index in [9.17, 15) is 0 Å². The Hall–Kier alpha value is -1.54. The number of anilines is 1. The SMILES string of the molecule is Cc1nn(C)c(NCC2(N)CCC2)c1C#N. The van der Waals surface area contributed by atoms with Crippen molar-refractivity contribution in [3.63, 3.8) is 0 Å². The van der Waals surface area contributed by atoms with Crippen LogP contribution < -0.4 is 11.1 Å². The van der Waals surface area contributed by atoms with Gasteiger partial charge in [-0.1, -0.05) is 0 Å². The molecule has 1 aromatic heterocycles. The molecule has 0 radical (unpaired) electrons. The van der Waals surface area contributed by atoms with Crippen LogP contribution in [0.25, 0.3) is 0 Å². The molecule has 5 nitrogen and oxygen atoms in total. The van der Waals surface area contributed by atoms with E-state index >= 15 is 0 Å². The van der Waals surface area contributed by atoms with Crippen LogP contribution in [0.2, 0.25) is 0 Å². The molecule has 1 aliphatic rings. The molecule has 1 saturated carbocycles. The number of aromatic nitrogens is 2. The van der Waals surface area contributed by atoms with Gasteiger partial charge in [-0.2, -0.15) is 10.4 Å². The average Bonchev–Trinajstić information content (AvgIpc) is 2.47. The second-order valence-electron chi connectivity index (χ2n) is 4.61. The Morgan fingerprint density at radius 2 is 2.31 bits per heavy atom. The summed E-state index contributed by atoms with van der Waals surface area (Å²) >= 11 is 0. The number of hydrogen-bond donors (Lipinski definition) is 2. The maximum Gasteiger partial charge on any atom is 0.142 e. The fourth-order valence-corrected chi connectivity index (χ4v) is 2.06. The Morgan fingerprint density at radius 1 is 1.62 bits per heavy atom. The van der Waals surface area contributed by atoms with Gasteiger partial charge in [0.2, 0.25) is 0 Å². The largest absolute Gasteiger partial charge is 0.367 e. The molecule has 0 amide bonds. The summed E-state index contributed by atoms with van der Waals surface area (Å²) in [6, 6.07) is 2.17. The number of nitrogens with zero attached hydrogens (tertiary/aromatic N) is 3. The highest BCUT2D eigenvalue weighted by atomic mass is 15.3. The first-order chi connectivity index (χ1) is 7.56. The highest BCUT2D eigenvalue weighted by Crippen LogP contribution is 2.29. The van der Waals surface area contributed by atoms with E-state index in [0.29, 0.717) is 12.1 Å². The van der Waals surface area contributed by atoms with Crippen LogP contribution in [0.5, 0.6) is 0 Å². The second kappa shape index (κ2) is 3.80.